The fourth-order valence-corrected chi connectivity index (χ4v) is 2.09. The summed E-state index contributed by atoms with van der Waals surface area (Å²) in [5.41, 5.74) is 1.13. The average Bonchev–Trinajstić information content (AvgIpc) is 2.42. The van der Waals surface area contributed by atoms with Crippen molar-refractivity contribution in [2.75, 3.05) is 18.0 Å². The topological polar surface area (TPSA) is 29.0 Å². The Labute approximate surface area is 105 Å². The van der Waals surface area contributed by atoms with Crippen LogP contribution in [0.2, 0.25) is 0 Å². The molecule has 0 unspecified atom stereocenters. The summed E-state index contributed by atoms with van der Waals surface area (Å²) in [5.74, 6) is 1.81. The highest BCUT2D eigenvalue weighted by Gasteiger charge is 2.19. The molecule has 0 aliphatic carbocycles. The van der Waals surface area contributed by atoms with Crippen LogP contribution in [0.5, 0.6) is 0 Å². The zero-order valence-electron chi connectivity index (χ0n) is 11.6. The van der Waals surface area contributed by atoms with Gasteiger partial charge in [0, 0.05) is 25.5 Å². The van der Waals surface area contributed by atoms with Crippen LogP contribution in [0.4, 0.5) is 5.95 Å². The summed E-state index contributed by atoms with van der Waals surface area (Å²) in [6.45, 7) is 10.5. The van der Waals surface area contributed by atoms with Gasteiger partial charge in [0.25, 0.3) is 0 Å². The maximum atomic E-state index is 4.37. The van der Waals surface area contributed by atoms with Gasteiger partial charge in [-0.15, -0.1) is 0 Å². The third-order valence-corrected chi connectivity index (χ3v) is 3.24. The Morgan fingerprint density at radius 2 is 1.71 bits per heavy atom. The van der Waals surface area contributed by atoms with Gasteiger partial charge in [-0.25, -0.2) is 9.97 Å². The van der Waals surface area contributed by atoms with E-state index in [1.165, 1.54) is 19.3 Å². The van der Waals surface area contributed by atoms with E-state index in [4.69, 9.17) is 0 Å². The molecule has 0 aromatic carbocycles. The highest BCUT2D eigenvalue weighted by atomic mass is 15.2. The minimum Gasteiger partial charge on any atom is -0.341 e. The number of anilines is 1. The number of aryl methyl sites for hydroxylation is 1. The fourth-order valence-electron chi connectivity index (χ4n) is 2.09. The average molecular weight is 235 g/mol. The van der Waals surface area contributed by atoms with Crippen molar-refractivity contribution in [2.24, 2.45) is 5.92 Å². The highest BCUT2D eigenvalue weighted by Crippen LogP contribution is 2.22. The van der Waals surface area contributed by atoms with Gasteiger partial charge in [0.2, 0.25) is 5.95 Å². The van der Waals surface area contributed by atoms with Crippen molar-refractivity contribution in [3.05, 3.63) is 18.0 Å². The molecule has 1 aromatic rings. The molecule has 0 bridgehead atoms. The smallest absolute Gasteiger partial charge is 0.225 e. The summed E-state index contributed by atoms with van der Waals surface area (Å²) in [6, 6.07) is 0. The highest BCUT2D eigenvalue weighted by molar-refractivity contribution is 5.30. The van der Waals surface area contributed by atoms with Crippen molar-refractivity contribution in [1.29, 1.82) is 0 Å². The van der Waals surface area contributed by atoms with Gasteiger partial charge >= 0.3 is 0 Å². The molecule has 17 heavy (non-hydrogen) atoms. The molecule has 0 spiro atoms. The predicted octanol–water partition coefficient (Wildman–Crippen LogP) is 3.44. The van der Waals surface area contributed by atoms with E-state index in [0.29, 0.717) is 0 Å². The first-order chi connectivity index (χ1) is 8.29. The van der Waals surface area contributed by atoms with E-state index in [1.54, 1.807) is 0 Å². The van der Waals surface area contributed by atoms with Gasteiger partial charge in [0.15, 0.2) is 0 Å². The third kappa shape index (κ3) is 3.99. The number of hydrogen-bond donors (Lipinski definition) is 0. The first-order valence-electron chi connectivity index (χ1n) is 6.83. The lowest BCUT2D eigenvalue weighted by Gasteiger charge is -2.31. The van der Waals surface area contributed by atoms with Gasteiger partial charge in [-0.05, 0) is 31.2 Å². The van der Waals surface area contributed by atoms with Crippen molar-refractivity contribution >= 4 is 5.95 Å². The van der Waals surface area contributed by atoms with Gasteiger partial charge in [0.1, 0.15) is 0 Å². The number of piperidine rings is 1. The van der Waals surface area contributed by atoms with Gasteiger partial charge in [-0.2, -0.15) is 0 Å². The van der Waals surface area contributed by atoms with Crippen molar-refractivity contribution in [3.8, 4) is 0 Å². The molecular formula is C14H25N3. The molecule has 2 heterocycles. The number of hydrogen-bond acceptors (Lipinski definition) is 3. The maximum Gasteiger partial charge on any atom is 0.225 e. The first kappa shape index (κ1) is 13.9. The van der Waals surface area contributed by atoms with Crippen LogP contribution in [-0.4, -0.2) is 23.1 Å². The molecule has 0 N–H and O–H groups in total. The second-order valence-electron chi connectivity index (χ2n) is 4.40. The summed E-state index contributed by atoms with van der Waals surface area (Å²) < 4.78 is 0. The SMILES string of the molecule is CC.CCC1CCN(c2ncc(C)cn2)CC1. The van der Waals surface area contributed by atoms with Crippen LogP contribution < -0.4 is 4.90 Å². The molecule has 1 aliphatic heterocycles. The molecule has 3 heteroatoms. The quantitative estimate of drug-likeness (QED) is 0.786. The standard InChI is InChI=1S/C12H19N3.C2H6/c1-3-11-4-6-15(7-5-11)12-13-8-10(2)9-14-12;1-2/h8-9,11H,3-7H2,1-2H3;1-2H3. The van der Waals surface area contributed by atoms with Crippen LogP contribution in [-0.2, 0) is 0 Å². The van der Waals surface area contributed by atoms with Gasteiger partial charge < -0.3 is 4.90 Å². The summed E-state index contributed by atoms with van der Waals surface area (Å²) in [5, 5.41) is 0. The van der Waals surface area contributed by atoms with Gasteiger partial charge in [-0.3, -0.25) is 0 Å². The molecule has 0 radical (unpaired) electrons. The summed E-state index contributed by atoms with van der Waals surface area (Å²) in [7, 11) is 0. The van der Waals surface area contributed by atoms with E-state index in [0.717, 1.165) is 30.5 Å². The molecule has 1 aliphatic rings. The number of nitrogens with zero attached hydrogens (tertiary/aromatic N) is 3. The Bertz CT molecular complexity index is 300. The second-order valence-corrected chi connectivity index (χ2v) is 4.40. The van der Waals surface area contributed by atoms with Gasteiger partial charge in [-0.1, -0.05) is 27.2 Å². The van der Waals surface area contributed by atoms with Crippen molar-refractivity contribution in [2.45, 2.75) is 47.0 Å². The van der Waals surface area contributed by atoms with Crippen molar-refractivity contribution in [1.82, 2.24) is 9.97 Å². The van der Waals surface area contributed by atoms with E-state index in [1.807, 2.05) is 33.2 Å². The van der Waals surface area contributed by atoms with E-state index in [2.05, 4.69) is 21.8 Å². The molecule has 0 saturated carbocycles. The van der Waals surface area contributed by atoms with Crippen LogP contribution in [0.25, 0.3) is 0 Å². The Hall–Kier alpha value is -1.12. The molecule has 3 nitrogen and oxygen atoms in total. The van der Waals surface area contributed by atoms with Crippen LogP contribution in [0.3, 0.4) is 0 Å². The monoisotopic (exact) mass is 235 g/mol. The second kappa shape index (κ2) is 7.25. The summed E-state index contributed by atoms with van der Waals surface area (Å²) in [6.07, 6.45) is 7.67. The maximum absolute atomic E-state index is 4.37. The van der Waals surface area contributed by atoms with Crippen LogP contribution in [0.1, 0.15) is 45.6 Å². The lowest BCUT2D eigenvalue weighted by molar-refractivity contribution is 0.392. The summed E-state index contributed by atoms with van der Waals surface area (Å²) in [4.78, 5) is 11.0. The molecular weight excluding hydrogens is 210 g/mol. The first-order valence-corrected chi connectivity index (χ1v) is 6.83. The fraction of sp³-hybridized carbons (Fsp3) is 0.714. The molecule has 0 amide bonds. The van der Waals surface area contributed by atoms with Crippen LogP contribution in [0.15, 0.2) is 12.4 Å². The van der Waals surface area contributed by atoms with Crippen molar-refractivity contribution in [3.63, 3.8) is 0 Å². The molecule has 1 saturated heterocycles. The van der Waals surface area contributed by atoms with E-state index in [9.17, 15) is 0 Å². The normalized spacial score (nSPS) is 16.4. The lowest BCUT2D eigenvalue weighted by atomic mass is 9.95. The Kier molecular flexibility index (Phi) is 5.95. The minimum atomic E-state index is 0.898. The Morgan fingerprint density at radius 3 is 2.18 bits per heavy atom. The molecule has 1 fully saturated rings. The Morgan fingerprint density at radius 1 is 1.18 bits per heavy atom. The summed E-state index contributed by atoms with van der Waals surface area (Å²) >= 11 is 0. The van der Waals surface area contributed by atoms with E-state index >= 15 is 0 Å². The Balaban J connectivity index is 0.000000686. The van der Waals surface area contributed by atoms with E-state index < -0.39 is 0 Å². The zero-order valence-corrected chi connectivity index (χ0v) is 11.6. The molecule has 96 valence electrons. The third-order valence-electron chi connectivity index (χ3n) is 3.24. The zero-order chi connectivity index (χ0) is 12.7. The van der Waals surface area contributed by atoms with E-state index in [-0.39, 0.29) is 0 Å². The predicted molar refractivity (Wildman–Crippen MR) is 73.3 cm³/mol. The number of rotatable bonds is 2. The lowest BCUT2D eigenvalue weighted by Crippen LogP contribution is -2.34. The van der Waals surface area contributed by atoms with Crippen molar-refractivity contribution < 1.29 is 0 Å². The van der Waals surface area contributed by atoms with Crippen LogP contribution in [0, 0.1) is 12.8 Å². The minimum absolute atomic E-state index is 0.898. The molecule has 2 rings (SSSR count). The number of aromatic nitrogens is 2. The molecule has 0 atom stereocenters. The van der Waals surface area contributed by atoms with Gasteiger partial charge in [0.05, 0.1) is 0 Å². The largest absolute Gasteiger partial charge is 0.341 e. The molecule has 1 aromatic heterocycles. The van der Waals surface area contributed by atoms with Crippen LogP contribution >= 0.6 is 0 Å².